The third-order valence-electron chi connectivity index (χ3n) is 4.80. The Morgan fingerprint density at radius 2 is 1.75 bits per heavy atom. The SMILES string of the molecule is CC(C)(C)c1ccccc1Sc1ccc2c(c1)CN=C2/C=C/c1ccccn1. The summed E-state index contributed by atoms with van der Waals surface area (Å²) in [6.45, 7) is 7.54. The van der Waals surface area contributed by atoms with Crippen LogP contribution < -0.4 is 0 Å². The van der Waals surface area contributed by atoms with Crippen molar-refractivity contribution >= 4 is 23.5 Å². The summed E-state index contributed by atoms with van der Waals surface area (Å²) in [5.41, 5.74) is 6.01. The largest absolute Gasteiger partial charge is 0.280 e. The van der Waals surface area contributed by atoms with Gasteiger partial charge in [-0.25, -0.2) is 0 Å². The zero-order chi connectivity index (χ0) is 19.6. The minimum atomic E-state index is 0.132. The van der Waals surface area contributed by atoms with E-state index < -0.39 is 0 Å². The molecule has 0 unspecified atom stereocenters. The van der Waals surface area contributed by atoms with E-state index in [-0.39, 0.29) is 5.41 Å². The monoisotopic (exact) mass is 384 g/mol. The number of rotatable bonds is 4. The molecule has 1 aliphatic heterocycles. The van der Waals surface area contributed by atoms with Gasteiger partial charge in [0.05, 0.1) is 18.0 Å². The number of hydrogen-bond donors (Lipinski definition) is 0. The quantitative estimate of drug-likeness (QED) is 0.510. The van der Waals surface area contributed by atoms with E-state index in [0.29, 0.717) is 0 Å². The fourth-order valence-corrected chi connectivity index (χ4v) is 4.58. The number of aromatic nitrogens is 1. The van der Waals surface area contributed by atoms with Crippen LogP contribution in [0.5, 0.6) is 0 Å². The number of fused-ring (bicyclic) bond motifs is 1. The number of pyridine rings is 1. The summed E-state index contributed by atoms with van der Waals surface area (Å²) in [6, 6.07) is 21.3. The first kappa shape index (κ1) is 18.7. The third kappa shape index (κ3) is 4.10. The molecular weight excluding hydrogens is 360 g/mol. The molecule has 0 bridgehead atoms. The minimum absolute atomic E-state index is 0.132. The van der Waals surface area contributed by atoms with Gasteiger partial charge in [0.15, 0.2) is 0 Å². The number of nitrogens with zero attached hydrogens (tertiary/aromatic N) is 2. The van der Waals surface area contributed by atoms with Gasteiger partial charge in [0.25, 0.3) is 0 Å². The van der Waals surface area contributed by atoms with E-state index in [1.807, 2.05) is 42.2 Å². The summed E-state index contributed by atoms with van der Waals surface area (Å²) in [5, 5.41) is 0. The van der Waals surface area contributed by atoms with Crippen LogP contribution in [0.4, 0.5) is 0 Å². The van der Waals surface area contributed by atoms with Crippen LogP contribution in [0.2, 0.25) is 0 Å². The van der Waals surface area contributed by atoms with Gasteiger partial charge in [-0.3, -0.25) is 9.98 Å². The van der Waals surface area contributed by atoms with E-state index in [1.54, 1.807) is 0 Å². The Morgan fingerprint density at radius 3 is 2.54 bits per heavy atom. The molecule has 0 atom stereocenters. The van der Waals surface area contributed by atoms with Crippen LogP contribution >= 0.6 is 11.8 Å². The lowest BCUT2D eigenvalue weighted by Gasteiger charge is -2.22. The fourth-order valence-electron chi connectivity index (χ4n) is 3.35. The van der Waals surface area contributed by atoms with Crippen molar-refractivity contribution < 1.29 is 0 Å². The fraction of sp³-hybridized carbons (Fsp3) is 0.200. The molecule has 0 radical (unpaired) electrons. The van der Waals surface area contributed by atoms with Crippen molar-refractivity contribution in [2.45, 2.75) is 42.5 Å². The molecule has 1 aromatic heterocycles. The Kier molecular flexibility index (Phi) is 5.19. The molecule has 0 spiro atoms. The summed E-state index contributed by atoms with van der Waals surface area (Å²) >= 11 is 1.84. The normalized spacial score (nSPS) is 13.6. The third-order valence-corrected chi connectivity index (χ3v) is 5.86. The van der Waals surface area contributed by atoms with E-state index >= 15 is 0 Å². The van der Waals surface area contributed by atoms with Crippen LogP contribution in [-0.2, 0) is 12.0 Å². The van der Waals surface area contributed by atoms with Crippen LogP contribution in [0.3, 0.4) is 0 Å². The Bertz CT molecular complexity index is 1040. The summed E-state index contributed by atoms with van der Waals surface area (Å²) in [6.07, 6.45) is 5.90. The molecule has 0 aliphatic carbocycles. The first-order chi connectivity index (χ1) is 13.5. The van der Waals surface area contributed by atoms with Gasteiger partial charge in [0.1, 0.15) is 0 Å². The first-order valence-corrected chi connectivity index (χ1v) is 10.4. The van der Waals surface area contributed by atoms with E-state index in [9.17, 15) is 0 Å². The average Bonchev–Trinajstić information content (AvgIpc) is 3.09. The van der Waals surface area contributed by atoms with Crippen LogP contribution in [0.15, 0.2) is 87.7 Å². The maximum Gasteiger partial charge on any atom is 0.0654 e. The van der Waals surface area contributed by atoms with Gasteiger partial charge in [0, 0.05) is 21.6 Å². The predicted octanol–water partition coefficient (Wildman–Crippen LogP) is 6.55. The Morgan fingerprint density at radius 1 is 0.929 bits per heavy atom. The highest BCUT2D eigenvalue weighted by Gasteiger charge is 2.19. The van der Waals surface area contributed by atoms with Crippen LogP contribution in [0.25, 0.3) is 6.08 Å². The molecule has 4 rings (SSSR count). The number of benzene rings is 2. The molecule has 0 amide bonds. The lowest BCUT2D eigenvalue weighted by atomic mass is 9.87. The maximum atomic E-state index is 4.72. The molecule has 3 aromatic rings. The number of allylic oxidation sites excluding steroid dienone is 1. The molecule has 3 heteroatoms. The second-order valence-corrected chi connectivity index (χ2v) is 9.07. The predicted molar refractivity (Wildman–Crippen MR) is 119 cm³/mol. The summed E-state index contributed by atoms with van der Waals surface area (Å²) in [7, 11) is 0. The van der Waals surface area contributed by atoms with Crippen LogP contribution in [-0.4, -0.2) is 10.7 Å². The second-order valence-electron chi connectivity index (χ2n) is 7.96. The Labute approximate surface area is 171 Å². The van der Waals surface area contributed by atoms with E-state index in [2.05, 4.69) is 74.3 Å². The van der Waals surface area contributed by atoms with Gasteiger partial charge < -0.3 is 0 Å². The van der Waals surface area contributed by atoms with Crippen molar-refractivity contribution in [3.05, 3.63) is 95.3 Å². The molecule has 0 saturated heterocycles. The maximum absolute atomic E-state index is 4.72. The van der Waals surface area contributed by atoms with Gasteiger partial charge in [-0.2, -0.15) is 0 Å². The highest BCUT2D eigenvalue weighted by atomic mass is 32.2. The molecule has 140 valence electrons. The van der Waals surface area contributed by atoms with Crippen molar-refractivity contribution in [3.63, 3.8) is 0 Å². The van der Waals surface area contributed by atoms with E-state index in [1.165, 1.54) is 26.5 Å². The van der Waals surface area contributed by atoms with E-state index in [4.69, 9.17) is 4.99 Å². The van der Waals surface area contributed by atoms with Gasteiger partial charge in [0.2, 0.25) is 0 Å². The summed E-state index contributed by atoms with van der Waals surface area (Å²) in [4.78, 5) is 11.6. The molecule has 0 saturated carbocycles. The summed E-state index contributed by atoms with van der Waals surface area (Å²) in [5.74, 6) is 0. The van der Waals surface area contributed by atoms with Crippen molar-refractivity contribution in [2.24, 2.45) is 4.99 Å². The highest BCUT2D eigenvalue weighted by Crippen LogP contribution is 2.37. The standard InChI is InChI=1S/C25H24N2S/c1-25(2,3)22-9-4-5-10-24(22)28-20-12-13-21-18(16-20)17-27-23(21)14-11-19-8-6-7-15-26-19/h4-16H,17H2,1-3H3/b14-11+. The smallest absolute Gasteiger partial charge is 0.0654 e. The van der Waals surface area contributed by atoms with Crippen molar-refractivity contribution in [2.75, 3.05) is 0 Å². The van der Waals surface area contributed by atoms with Crippen molar-refractivity contribution in [1.29, 1.82) is 0 Å². The van der Waals surface area contributed by atoms with Crippen molar-refractivity contribution in [1.82, 2.24) is 4.98 Å². The van der Waals surface area contributed by atoms with Gasteiger partial charge in [-0.05, 0) is 59.0 Å². The van der Waals surface area contributed by atoms with Gasteiger partial charge in [-0.1, -0.05) is 62.9 Å². The molecule has 1 aliphatic rings. The Hall–Kier alpha value is -2.65. The first-order valence-electron chi connectivity index (χ1n) is 9.55. The molecule has 0 fully saturated rings. The van der Waals surface area contributed by atoms with Crippen molar-refractivity contribution in [3.8, 4) is 0 Å². The lowest BCUT2D eigenvalue weighted by Crippen LogP contribution is -2.12. The zero-order valence-electron chi connectivity index (χ0n) is 16.5. The molecule has 2 aromatic carbocycles. The number of hydrogen-bond acceptors (Lipinski definition) is 3. The van der Waals surface area contributed by atoms with Gasteiger partial charge in [-0.15, -0.1) is 0 Å². The molecule has 2 heterocycles. The topological polar surface area (TPSA) is 25.2 Å². The van der Waals surface area contributed by atoms with Crippen LogP contribution in [0, 0.1) is 0 Å². The lowest BCUT2D eigenvalue weighted by molar-refractivity contribution is 0.578. The highest BCUT2D eigenvalue weighted by molar-refractivity contribution is 7.99. The summed E-state index contributed by atoms with van der Waals surface area (Å²) < 4.78 is 0. The minimum Gasteiger partial charge on any atom is -0.280 e. The average molecular weight is 385 g/mol. The van der Waals surface area contributed by atoms with Gasteiger partial charge >= 0.3 is 0 Å². The molecule has 28 heavy (non-hydrogen) atoms. The van der Waals surface area contributed by atoms with Crippen LogP contribution in [0.1, 0.15) is 43.2 Å². The molecule has 0 N–H and O–H groups in total. The second kappa shape index (κ2) is 7.76. The zero-order valence-corrected chi connectivity index (χ0v) is 17.3. The Balaban J connectivity index is 1.55. The number of aliphatic imine (C=N–C) groups is 1. The molecular formula is C25H24N2S. The van der Waals surface area contributed by atoms with E-state index in [0.717, 1.165) is 18.0 Å². The molecule has 2 nitrogen and oxygen atoms in total.